The first kappa shape index (κ1) is 20.8. The van der Waals surface area contributed by atoms with Gasteiger partial charge in [0.05, 0.1) is 16.6 Å². The summed E-state index contributed by atoms with van der Waals surface area (Å²) in [4.78, 5) is 43.7. The minimum absolute atomic E-state index is 0.184. The van der Waals surface area contributed by atoms with Gasteiger partial charge in [-0.1, -0.05) is 30.3 Å². The first-order valence-electron chi connectivity index (χ1n) is 9.88. The molecule has 0 saturated carbocycles. The SMILES string of the molecule is CC(=O)Nc1ccc(NC(=O)COC(=O)c2ccccc2-c2nc3ccccc3[nH]2)cc1. The van der Waals surface area contributed by atoms with E-state index < -0.39 is 18.5 Å². The van der Waals surface area contributed by atoms with Gasteiger partial charge in [0.1, 0.15) is 5.82 Å². The average molecular weight is 428 g/mol. The molecule has 0 saturated heterocycles. The molecule has 0 bridgehead atoms. The summed E-state index contributed by atoms with van der Waals surface area (Å²) in [5.74, 6) is -0.747. The van der Waals surface area contributed by atoms with Gasteiger partial charge in [-0.3, -0.25) is 9.59 Å². The number of rotatable bonds is 6. The van der Waals surface area contributed by atoms with Crippen molar-refractivity contribution in [3.05, 3.63) is 78.4 Å². The van der Waals surface area contributed by atoms with Crippen LogP contribution in [0, 0.1) is 0 Å². The molecule has 4 rings (SSSR count). The lowest BCUT2D eigenvalue weighted by Gasteiger charge is -2.09. The molecule has 1 aromatic heterocycles. The summed E-state index contributed by atoms with van der Waals surface area (Å²) in [6.07, 6.45) is 0. The third-order valence-corrected chi connectivity index (χ3v) is 4.61. The summed E-state index contributed by atoms with van der Waals surface area (Å²) in [7, 11) is 0. The predicted molar refractivity (Wildman–Crippen MR) is 121 cm³/mol. The van der Waals surface area contributed by atoms with Crippen LogP contribution in [-0.2, 0) is 14.3 Å². The van der Waals surface area contributed by atoms with Crippen LogP contribution in [0.2, 0.25) is 0 Å². The molecule has 4 aromatic rings. The van der Waals surface area contributed by atoms with Gasteiger partial charge in [-0.25, -0.2) is 9.78 Å². The van der Waals surface area contributed by atoms with Crippen LogP contribution in [0.25, 0.3) is 22.4 Å². The summed E-state index contributed by atoms with van der Waals surface area (Å²) in [6.45, 7) is 0.969. The molecule has 8 nitrogen and oxygen atoms in total. The van der Waals surface area contributed by atoms with Gasteiger partial charge in [-0.05, 0) is 42.5 Å². The molecule has 3 N–H and O–H groups in total. The van der Waals surface area contributed by atoms with E-state index in [1.165, 1.54) is 6.92 Å². The maximum atomic E-state index is 12.7. The number of amides is 2. The molecule has 32 heavy (non-hydrogen) atoms. The Morgan fingerprint density at radius 2 is 1.53 bits per heavy atom. The second kappa shape index (κ2) is 9.13. The predicted octanol–water partition coefficient (Wildman–Crippen LogP) is 3.98. The van der Waals surface area contributed by atoms with Crippen LogP contribution in [0.3, 0.4) is 0 Å². The van der Waals surface area contributed by atoms with Crippen molar-refractivity contribution in [2.24, 2.45) is 0 Å². The van der Waals surface area contributed by atoms with Gasteiger partial charge in [0, 0.05) is 23.9 Å². The summed E-state index contributed by atoms with van der Waals surface area (Å²) >= 11 is 0. The number of nitrogens with zero attached hydrogens (tertiary/aromatic N) is 1. The highest BCUT2D eigenvalue weighted by Gasteiger charge is 2.17. The van der Waals surface area contributed by atoms with Gasteiger partial charge in [0.15, 0.2) is 6.61 Å². The van der Waals surface area contributed by atoms with E-state index in [2.05, 4.69) is 20.6 Å². The number of fused-ring (bicyclic) bond motifs is 1. The van der Waals surface area contributed by atoms with Gasteiger partial charge < -0.3 is 20.4 Å². The van der Waals surface area contributed by atoms with Crippen molar-refractivity contribution >= 4 is 40.2 Å². The first-order valence-corrected chi connectivity index (χ1v) is 9.88. The van der Waals surface area contributed by atoms with E-state index in [4.69, 9.17) is 4.74 Å². The van der Waals surface area contributed by atoms with Crippen LogP contribution >= 0.6 is 0 Å². The lowest BCUT2D eigenvalue weighted by atomic mass is 10.1. The number of benzene rings is 3. The minimum Gasteiger partial charge on any atom is -0.452 e. The zero-order chi connectivity index (χ0) is 22.5. The lowest BCUT2D eigenvalue weighted by Crippen LogP contribution is -2.21. The fraction of sp³-hybridized carbons (Fsp3) is 0.0833. The standard InChI is InChI=1S/C24H20N4O4/c1-15(29)25-16-10-12-17(13-11-16)26-22(30)14-32-24(31)19-7-3-2-6-18(19)23-27-20-8-4-5-9-21(20)28-23/h2-13H,14H2,1H3,(H,25,29)(H,26,30)(H,27,28). The Balaban J connectivity index is 1.41. The van der Waals surface area contributed by atoms with Crippen molar-refractivity contribution in [2.45, 2.75) is 6.92 Å². The molecule has 8 heteroatoms. The molecule has 0 radical (unpaired) electrons. The fourth-order valence-corrected chi connectivity index (χ4v) is 3.19. The van der Waals surface area contributed by atoms with Gasteiger partial charge in [-0.15, -0.1) is 0 Å². The molecule has 0 atom stereocenters. The van der Waals surface area contributed by atoms with Crippen LogP contribution in [-0.4, -0.2) is 34.4 Å². The zero-order valence-electron chi connectivity index (χ0n) is 17.2. The van der Waals surface area contributed by atoms with E-state index in [1.807, 2.05) is 24.3 Å². The number of aromatic nitrogens is 2. The van der Waals surface area contributed by atoms with Crippen molar-refractivity contribution < 1.29 is 19.1 Å². The maximum Gasteiger partial charge on any atom is 0.339 e. The number of para-hydroxylation sites is 2. The first-order chi connectivity index (χ1) is 15.5. The molecule has 160 valence electrons. The van der Waals surface area contributed by atoms with E-state index >= 15 is 0 Å². The number of aromatic amines is 1. The highest BCUT2D eigenvalue weighted by molar-refractivity contribution is 5.99. The van der Waals surface area contributed by atoms with Gasteiger partial charge in [-0.2, -0.15) is 0 Å². The van der Waals surface area contributed by atoms with Gasteiger partial charge >= 0.3 is 5.97 Å². The van der Waals surface area contributed by atoms with Crippen LogP contribution < -0.4 is 10.6 Å². The molecule has 0 fully saturated rings. The van der Waals surface area contributed by atoms with E-state index in [9.17, 15) is 14.4 Å². The lowest BCUT2D eigenvalue weighted by molar-refractivity contribution is -0.119. The number of esters is 1. The smallest absolute Gasteiger partial charge is 0.339 e. The van der Waals surface area contributed by atoms with E-state index in [0.717, 1.165) is 11.0 Å². The summed E-state index contributed by atoms with van der Waals surface area (Å²) in [5.41, 5.74) is 3.66. The van der Waals surface area contributed by atoms with Gasteiger partial charge in [0.2, 0.25) is 5.91 Å². The fourth-order valence-electron chi connectivity index (χ4n) is 3.19. The second-order valence-corrected chi connectivity index (χ2v) is 7.03. The average Bonchev–Trinajstić information content (AvgIpc) is 3.23. The van der Waals surface area contributed by atoms with E-state index in [1.54, 1.807) is 48.5 Å². The van der Waals surface area contributed by atoms with Crippen LogP contribution in [0.1, 0.15) is 17.3 Å². The number of imidazole rings is 1. The summed E-state index contributed by atoms with van der Waals surface area (Å²) in [6, 6.07) is 21.1. The number of nitrogens with one attached hydrogen (secondary N) is 3. The van der Waals surface area contributed by atoms with Crippen molar-refractivity contribution in [2.75, 3.05) is 17.2 Å². The van der Waals surface area contributed by atoms with E-state index in [-0.39, 0.29) is 5.91 Å². The van der Waals surface area contributed by atoms with Crippen LogP contribution in [0.15, 0.2) is 72.8 Å². The Kier molecular flexibility index (Phi) is 5.94. The number of ether oxygens (including phenoxy) is 1. The number of carbonyl (C=O) groups is 3. The molecule has 1 heterocycles. The monoisotopic (exact) mass is 428 g/mol. The number of carbonyl (C=O) groups excluding carboxylic acids is 3. The van der Waals surface area contributed by atoms with Gasteiger partial charge in [0.25, 0.3) is 5.91 Å². The second-order valence-electron chi connectivity index (χ2n) is 7.03. The quantitative estimate of drug-likeness (QED) is 0.402. The Morgan fingerprint density at radius 3 is 2.25 bits per heavy atom. The maximum absolute atomic E-state index is 12.7. The molecule has 0 aliphatic heterocycles. The number of H-pyrrole nitrogens is 1. The molecule has 2 amide bonds. The van der Waals surface area contributed by atoms with Crippen molar-refractivity contribution in [3.63, 3.8) is 0 Å². The van der Waals surface area contributed by atoms with Crippen molar-refractivity contribution in [1.82, 2.24) is 9.97 Å². The zero-order valence-corrected chi connectivity index (χ0v) is 17.2. The molecule has 3 aromatic carbocycles. The van der Waals surface area contributed by atoms with Crippen molar-refractivity contribution in [1.29, 1.82) is 0 Å². The highest BCUT2D eigenvalue weighted by atomic mass is 16.5. The molecule has 0 aliphatic carbocycles. The largest absolute Gasteiger partial charge is 0.452 e. The third kappa shape index (κ3) is 4.81. The van der Waals surface area contributed by atoms with Crippen LogP contribution in [0.4, 0.5) is 11.4 Å². The summed E-state index contributed by atoms with van der Waals surface area (Å²) < 4.78 is 5.23. The molecule has 0 spiro atoms. The minimum atomic E-state index is -0.628. The molecular formula is C24H20N4O4. The Hall–Kier alpha value is -4.46. The topological polar surface area (TPSA) is 113 Å². The third-order valence-electron chi connectivity index (χ3n) is 4.61. The Morgan fingerprint density at radius 1 is 0.875 bits per heavy atom. The van der Waals surface area contributed by atoms with E-state index in [0.29, 0.717) is 28.3 Å². The Labute approximate surface area is 183 Å². The van der Waals surface area contributed by atoms with Crippen LogP contribution in [0.5, 0.6) is 0 Å². The highest BCUT2D eigenvalue weighted by Crippen LogP contribution is 2.24. The number of hydrogen-bond acceptors (Lipinski definition) is 5. The molecular weight excluding hydrogens is 408 g/mol. The summed E-state index contributed by atoms with van der Waals surface area (Å²) in [5, 5.41) is 5.29. The molecule has 0 aliphatic rings. The molecule has 0 unspecified atom stereocenters. The Bertz CT molecular complexity index is 1260. The normalized spacial score (nSPS) is 10.5. The number of hydrogen-bond donors (Lipinski definition) is 3. The number of anilines is 2. The van der Waals surface area contributed by atoms with Crippen molar-refractivity contribution in [3.8, 4) is 11.4 Å².